The van der Waals surface area contributed by atoms with Gasteiger partial charge < -0.3 is 15.7 Å². The molecule has 2 fully saturated rings. The minimum absolute atomic E-state index is 0.179. The molecule has 0 radical (unpaired) electrons. The third kappa shape index (κ3) is 5.39. The van der Waals surface area contributed by atoms with Gasteiger partial charge in [0.25, 0.3) is 0 Å². The van der Waals surface area contributed by atoms with E-state index < -0.39 is 5.97 Å². The Hall–Kier alpha value is -1.70. The Morgan fingerprint density at radius 1 is 1.12 bits per heavy atom. The van der Waals surface area contributed by atoms with Gasteiger partial charge in [0, 0.05) is 64.0 Å². The normalized spacial score (nSPS) is 21.4. The van der Waals surface area contributed by atoms with Gasteiger partial charge in [0.2, 0.25) is 0 Å². The molecular formula is C18H29N5O2. The summed E-state index contributed by atoms with van der Waals surface area (Å²) in [4.78, 5) is 22.3. The fraction of sp³-hybridized carbons (Fsp3) is 0.667. The molecule has 3 N–H and O–H groups in total. The number of nitrogen functional groups attached to an aromatic ring is 1. The lowest BCUT2D eigenvalue weighted by atomic mass is 10.0. The molecule has 0 bridgehead atoms. The zero-order valence-electron chi connectivity index (χ0n) is 14.8. The van der Waals surface area contributed by atoms with E-state index in [1.165, 1.54) is 0 Å². The van der Waals surface area contributed by atoms with Gasteiger partial charge in [0.1, 0.15) is 5.82 Å². The van der Waals surface area contributed by atoms with Gasteiger partial charge in [-0.1, -0.05) is 6.07 Å². The molecule has 7 heteroatoms. The van der Waals surface area contributed by atoms with Crippen LogP contribution in [0.2, 0.25) is 0 Å². The summed E-state index contributed by atoms with van der Waals surface area (Å²) in [5.74, 6) is -0.127. The second-order valence-electron chi connectivity index (χ2n) is 7.08. The van der Waals surface area contributed by atoms with Gasteiger partial charge in [-0.15, -0.1) is 0 Å². The quantitative estimate of drug-likeness (QED) is 0.769. The number of nitrogens with two attached hydrogens (primary N) is 1. The van der Waals surface area contributed by atoms with Crippen LogP contribution in [0.25, 0.3) is 0 Å². The first-order valence-corrected chi connectivity index (χ1v) is 9.22. The number of carboxylic acids is 1. The van der Waals surface area contributed by atoms with E-state index in [2.05, 4.69) is 14.8 Å². The summed E-state index contributed by atoms with van der Waals surface area (Å²) in [5, 5.41) is 8.89. The molecule has 138 valence electrons. The van der Waals surface area contributed by atoms with Gasteiger partial charge in [-0.2, -0.15) is 0 Å². The number of piperidine rings is 1. The molecule has 3 heterocycles. The fourth-order valence-electron chi connectivity index (χ4n) is 3.90. The number of aliphatic carboxylic acids is 1. The van der Waals surface area contributed by atoms with Crippen LogP contribution in [0, 0.1) is 0 Å². The zero-order chi connectivity index (χ0) is 17.6. The van der Waals surface area contributed by atoms with Crippen LogP contribution in [-0.2, 0) is 11.2 Å². The number of carboxylic acid groups (broad SMARTS) is 1. The topological polar surface area (TPSA) is 85.9 Å². The zero-order valence-corrected chi connectivity index (χ0v) is 14.8. The van der Waals surface area contributed by atoms with Crippen LogP contribution < -0.4 is 5.73 Å². The first-order chi connectivity index (χ1) is 12.1. The number of aromatic nitrogens is 1. The lowest BCUT2D eigenvalue weighted by Gasteiger charge is -2.42. The number of rotatable bonds is 6. The highest BCUT2D eigenvalue weighted by atomic mass is 16.4. The number of nitrogens with zero attached hydrogens (tertiary/aromatic N) is 4. The molecule has 0 unspecified atom stereocenters. The third-order valence-electron chi connectivity index (χ3n) is 5.35. The standard InChI is InChI=1S/C18H29N5O2/c19-17-3-1-2-15(20-17)4-7-21-10-12-23(13-11-21)16-5-8-22(9-6-16)14-18(24)25/h1-3,16H,4-14H2,(H2,19,20)(H,24,25). The minimum atomic E-state index is -0.721. The highest BCUT2D eigenvalue weighted by Gasteiger charge is 2.27. The molecule has 0 amide bonds. The molecule has 2 aliphatic heterocycles. The van der Waals surface area contributed by atoms with E-state index in [1.54, 1.807) is 0 Å². The highest BCUT2D eigenvalue weighted by Crippen LogP contribution is 2.18. The third-order valence-corrected chi connectivity index (χ3v) is 5.35. The Labute approximate surface area is 149 Å². The molecule has 25 heavy (non-hydrogen) atoms. The van der Waals surface area contributed by atoms with Crippen molar-refractivity contribution in [3.8, 4) is 0 Å². The second-order valence-corrected chi connectivity index (χ2v) is 7.08. The first-order valence-electron chi connectivity index (χ1n) is 9.22. The van der Waals surface area contributed by atoms with Gasteiger partial charge >= 0.3 is 5.97 Å². The molecule has 0 aliphatic carbocycles. The predicted octanol–water partition coefficient (Wildman–Crippen LogP) is 0.373. The maximum absolute atomic E-state index is 10.8. The molecule has 2 saturated heterocycles. The van der Waals surface area contributed by atoms with Gasteiger partial charge in [-0.25, -0.2) is 4.98 Å². The fourth-order valence-corrected chi connectivity index (χ4v) is 3.90. The Bertz CT molecular complexity index is 566. The van der Waals surface area contributed by atoms with Crippen LogP contribution in [0.15, 0.2) is 18.2 Å². The molecule has 0 aromatic carbocycles. The Morgan fingerprint density at radius 2 is 1.84 bits per heavy atom. The summed E-state index contributed by atoms with van der Waals surface area (Å²) in [6, 6.07) is 6.44. The minimum Gasteiger partial charge on any atom is -0.480 e. The van der Waals surface area contributed by atoms with Crippen molar-refractivity contribution in [2.24, 2.45) is 0 Å². The SMILES string of the molecule is Nc1cccc(CCN2CCN(C3CCN(CC(=O)O)CC3)CC2)n1. The van der Waals surface area contributed by atoms with Crippen molar-refractivity contribution in [3.63, 3.8) is 0 Å². The van der Waals surface area contributed by atoms with Crippen LogP contribution in [0.1, 0.15) is 18.5 Å². The van der Waals surface area contributed by atoms with Crippen molar-refractivity contribution in [2.75, 3.05) is 58.1 Å². The molecule has 1 aromatic rings. The maximum Gasteiger partial charge on any atom is 0.317 e. The van der Waals surface area contributed by atoms with E-state index >= 15 is 0 Å². The van der Waals surface area contributed by atoms with Gasteiger partial charge in [0.05, 0.1) is 6.54 Å². The number of anilines is 1. The van der Waals surface area contributed by atoms with Crippen LogP contribution >= 0.6 is 0 Å². The maximum atomic E-state index is 10.8. The molecule has 7 nitrogen and oxygen atoms in total. The van der Waals surface area contributed by atoms with E-state index in [4.69, 9.17) is 10.8 Å². The van der Waals surface area contributed by atoms with Gasteiger partial charge in [-0.05, 0) is 25.0 Å². The van der Waals surface area contributed by atoms with E-state index in [1.807, 2.05) is 23.1 Å². The largest absolute Gasteiger partial charge is 0.480 e. The van der Waals surface area contributed by atoms with Gasteiger partial charge in [0.15, 0.2) is 0 Å². The van der Waals surface area contributed by atoms with Crippen LogP contribution in [0.5, 0.6) is 0 Å². The van der Waals surface area contributed by atoms with E-state index in [0.29, 0.717) is 11.9 Å². The first kappa shape index (κ1) is 18.1. The monoisotopic (exact) mass is 347 g/mol. The Balaban J connectivity index is 1.37. The number of pyridine rings is 1. The smallest absolute Gasteiger partial charge is 0.317 e. The summed E-state index contributed by atoms with van der Waals surface area (Å²) in [7, 11) is 0. The van der Waals surface area contributed by atoms with Crippen molar-refractivity contribution < 1.29 is 9.90 Å². The predicted molar refractivity (Wildman–Crippen MR) is 97.5 cm³/mol. The van der Waals surface area contributed by atoms with Crippen molar-refractivity contribution in [2.45, 2.75) is 25.3 Å². The second kappa shape index (κ2) is 8.60. The average Bonchev–Trinajstić information content (AvgIpc) is 2.61. The number of likely N-dealkylation sites (tertiary alicyclic amines) is 1. The lowest BCUT2D eigenvalue weighted by molar-refractivity contribution is -0.138. The summed E-state index contributed by atoms with van der Waals surface area (Å²) >= 11 is 0. The average molecular weight is 347 g/mol. The van der Waals surface area contributed by atoms with E-state index in [0.717, 1.165) is 70.8 Å². The van der Waals surface area contributed by atoms with E-state index in [9.17, 15) is 4.79 Å². The van der Waals surface area contributed by atoms with Crippen LogP contribution in [-0.4, -0.2) is 89.2 Å². The molecule has 3 rings (SSSR count). The number of piperazine rings is 1. The summed E-state index contributed by atoms with van der Waals surface area (Å²) < 4.78 is 0. The Morgan fingerprint density at radius 3 is 2.48 bits per heavy atom. The number of hydrogen-bond acceptors (Lipinski definition) is 6. The molecule has 0 saturated carbocycles. The molecular weight excluding hydrogens is 318 g/mol. The Kier molecular flexibility index (Phi) is 6.23. The van der Waals surface area contributed by atoms with Crippen molar-refractivity contribution in [1.29, 1.82) is 0 Å². The van der Waals surface area contributed by atoms with Crippen LogP contribution in [0.4, 0.5) is 5.82 Å². The summed E-state index contributed by atoms with van der Waals surface area (Å²) in [6.07, 6.45) is 3.11. The lowest BCUT2D eigenvalue weighted by Crippen LogP contribution is -2.53. The molecule has 1 aromatic heterocycles. The number of hydrogen-bond donors (Lipinski definition) is 2. The summed E-state index contributed by atoms with van der Waals surface area (Å²) in [6.45, 7) is 7.41. The van der Waals surface area contributed by atoms with Crippen molar-refractivity contribution in [1.82, 2.24) is 19.7 Å². The van der Waals surface area contributed by atoms with Crippen molar-refractivity contribution >= 4 is 11.8 Å². The highest BCUT2D eigenvalue weighted by molar-refractivity contribution is 5.69. The summed E-state index contributed by atoms with van der Waals surface area (Å²) in [5.41, 5.74) is 6.80. The molecule has 0 atom stereocenters. The van der Waals surface area contributed by atoms with Crippen molar-refractivity contribution in [3.05, 3.63) is 23.9 Å². The van der Waals surface area contributed by atoms with Crippen LogP contribution in [0.3, 0.4) is 0 Å². The molecule has 2 aliphatic rings. The number of carbonyl (C=O) groups is 1. The van der Waals surface area contributed by atoms with E-state index in [-0.39, 0.29) is 6.54 Å². The molecule has 0 spiro atoms. The van der Waals surface area contributed by atoms with Gasteiger partial charge in [-0.3, -0.25) is 14.6 Å².